The number of para-hydroxylation sites is 1. The van der Waals surface area contributed by atoms with Crippen molar-refractivity contribution in [2.45, 2.75) is 6.54 Å². The summed E-state index contributed by atoms with van der Waals surface area (Å²) < 4.78 is 11.5. The fourth-order valence-electron chi connectivity index (χ4n) is 2.79. The Labute approximate surface area is 138 Å². The molecule has 1 aliphatic rings. The van der Waals surface area contributed by atoms with Crippen LogP contribution in [0.15, 0.2) is 30.5 Å². The first-order valence-corrected chi connectivity index (χ1v) is 7.68. The number of aromatic nitrogens is 1. The normalized spacial score (nSPS) is 14.6. The number of Topliss-reactive ketones (excluding diaryl/α,β-unsaturated/α-hetero) is 1. The van der Waals surface area contributed by atoms with E-state index in [4.69, 9.17) is 4.74 Å². The van der Waals surface area contributed by atoms with Gasteiger partial charge < -0.3 is 18.9 Å². The first-order valence-electron chi connectivity index (χ1n) is 7.68. The molecule has 2 heterocycles. The molecule has 126 valence electrons. The number of carbonyl (C=O) groups excluding carboxylic acids is 3. The van der Waals surface area contributed by atoms with Crippen molar-refractivity contribution in [1.29, 1.82) is 0 Å². The quantitative estimate of drug-likeness (QED) is 0.472. The molecule has 1 aromatic carbocycles. The molecular formula is C17H18N2O5. The third-order valence-electron chi connectivity index (χ3n) is 4.05. The predicted molar refractivity (Wildman–Crippen MR) is 85.7 cm³/mol. The van der Waals surface area contributed by atoms with Crippen molar-refractivity contribution in [2.75, 3.05) is 33.4 Å². The average molecular weight is 330 g/mol. The molecule has 0 aliphatic carbocycles. The Kier molecular flexibility index (Phi) is 4.61. The van der Waals surface area contributed by atoms with Gasteiger partial charge in [-0.2, -0.15) is 0 Å². The number of fused-ring (bicyclic) bond motifs is 1. The smallest absolute Gasteiger partial charge is 0.325 e. The van der Waals surface area contributed by atoms with Crippen LogP contribution in [0.2, 0.25) is 0 Å². The van der Waals surface area contributed by atoms with Crippen LogP contribution in [0.3, 0.4) is 0 Å². The summed E-state index contributed by atoms with van der Waals surface area (Å²) in [4.78, 5) is 38.2. The first-order chi connectivity index (χ1) is 11.6. The number of hydrogen-bond acceptors (Lipinski definition) is 5. The van der Waals surface area contributed by atoms with Gasteiger partial charge in [0.2, 0.25) is 0 Å². The van der Waals surface area contributed by atoms with Crippen LogP contribution in [0.4, 0.5) is 0 Å². The third kappa shape index (κ3) is 3.03. The minimum absolute atomic E-state index is 0.0178. The van der Waals surface area contributed by atoms with Crippen LogP contribution in [-0.4, -0.2) is 60.5 Å². The van der Waals surface area contributed by atoms with Gasteiger partial charge in [-0.15, -0.1) is 0 Å². The Hall–Kier alpha value is -2.67. The topological polar surface area (TPSA) is 77.8 Å². The molecule has 1 saturated heterocycles. The molecule has 0 radical (unpaired) electrons. The van der Waals surface area contributed by atoms with E-state index in [1.54, 1.807) is 29.0 Å². The lowest BCUT2D eigenvalue weighted by Gasteiger charge is -2.25. The summed E-state index contributed by atoms with van der Waals surface area (Å²) in [5.41, 5.74) is 1.01. The highest BCUT2D eigenvalue weighted by Gasteiger charge is 2.27. The number of nitrogens with zero attached hydrogens (tertiary/aromatic N) is 2. The standard InChI is InChI=1S/C17H18N2O5/c1-23-15(20)11-19-10-13(12-4-2-3-5-14(12)19)16(21)17(22)18-6-8-24-9-7-18/h2-5,10H,6-9,11H2,1H3. The van der Waals surface area contributed by atoms with Gasteiger partial charge in [-0.25, -0.2) is 0 Å². The number of carbonyl (C=O) groups is 3. The Balaban J connectivity index is 1.94. The second-order valence-electron chi connectivity index (χ2n) is 5.50. The fraction of sp³-hybridized carbons (Fsp3) is 0.353. The van der Waals surface area contributed by atoms with Gasteiger partial charge in [0.05, 0.1) is 25.9 Å². The van der Waals surface area contributed by atoms with E-state index >= 15 is 0 Å². The molecule has 1 aliphatic heterocycles. The summed E-state index contributed by atoms with van der Waals surface area (Å²) in [5, 5.41) is 0.646. The lowest BCUT2D eigenvalue weighted by molar-refractivity contribution is -0.141. The third-order valence-corrected chi connectivity index (χ3v) is 4.05. The minimum atomic E-state index is -0.572. The van der Waals surface area contributed by atoms with Crippen molar-refractivity contribution in [2.24, 2.45) is 0 Å². The van der Waals surface area contributed by atoms with Crippen LogP contribution in [-0.2, 0) is 25.6 Å². The van der Waals surface area contributed by atoms with E-state index in [-0.39, 0.29) is 6.54 Å². The first kappa shape index (κ1) is 16.2. The lowest BCUT2D eigenvalue weighted by Crippen LogP contribution is -2.44. The molecule has 0 atom stereocenters. The Morgan fingerprint density at radius 1 is 1.17 bits per heavy atom. The number of rotatable bonds is 4. The van der Waals surface area contributed by atoms with Crippen molar-refractivity contribution in [3.8, 4) is 0 Å². The molecule has 0 bridgehead atoms. The maximum atomic E-state index is 12.7. The zero-order valence-electron chi connectivity index (χ0n) is 13.4. The van der Waals surface area contributed by atoms with Crippen molar-refractivity contribution < 1.29 is 23.9 Å². The van der Waals surface area contributed by atoms with Crippen molar-refractivity contribution in [3.05, 3.63) is 36.0 Å². The van der Waals surface area contributed by atoms with Crippen LogP contribution in [0.1, 0.15) is 10.4 Å². The van der Waals surface area contributed by atoms with Crippen LogP contribution in [0.25, 0.3) is 10.9 Å². The van der Waals surface area contributed by atoms with Crippen molar-refractivity contribution in [3.63, 3.8) is 0 Å². The second kappa shape index (κ2) is 6.84. The van der Waals surface area contributed by atoms with E-state index in [1.807, 2.05) is 6.07 Å². The fourth-order valence-corrected chi connectivity index (χ4v) is 2.79. The number of esters is 1. The molecule has 0 saturated carbocycles. The summed E-state index contributed by atoms with van der Waals surface area (Å²) in [6.07, 6.45) is 1.54. The van der Waals surface area contributed by atoms with E-state index in [1.165, 1.54) is 12.0 Å². The van der Waals surface area contributed by atoms with Gasteiger partial charge in [0, 0.05) is 30.2 Å². The summed E-state index contributed by atoms with van der Waals surface area (Å²) in [7, 11) is 1.31. The van der Waals surface area contributed by atoms with Crippen LogP contribution >= 0.6 is 0 Å². The molecule has 1 fully saturated rings. The Morgan fingerprint density at radius 3 is 2.58 bits per heavy atom. The van der Waals surface area contributed by atoms with Crippen LogP contribution in [0, 0.1) is 0 Å². The number of ether oxygens (including phenoxy) is 2. The summed E-state index contributed by atoms with van der Waals surface area (Å²) >= 11 is 0. The minimum Gasteiger partial charge on any atom is -0.468 e. The largest absolute Gasteiger partial charge is 0.468 e. The van der Waals surface area contributed by atoms with Crippen molar-refractivity contribution >= 4 is 28.6 Å². The Morgan fingerprint density at radius 2 is 1.88 bits per heavy atom. The van der Waals surface area contributed by atoms with Gasteiger partial charge in [0.25, 0.3) is 11.7 Å². The average Bonchev–Trinajstić information content (AvgIpc) is 2.99. The SMILES string of the molecule is COC(=O)Cn1cc(C(=O)C(=O)N2CCOCC2)c2ccccc21. The van der Waals surface area contributed by atoms with Gasteiger partial charge in [0.15, 0.2) is 0 Å². The highest BCUT2D eigenvalue weighted by Crippen LogP contribution is 2.22. The maximum absolute atomic E-state index is 12.7. The van der Waals surface area contributed by atoms with Gasteiger partial charge >= 0.3 is 5.97 Å². The summed E-state index contributed by atoms with van der Waals surface area (Å²) in [6.45, 7) is 1.67. The van der Waals surface area contributed by atoms with Crippen LogP contribution < -0.4 is 0 Å². The molecule has 0 spiro atoms. The Bertz CT molecular complexity index is 789. The second-order valence-corrected chi connectivity index (χ2v) is 5.50. The molecule has 7 heteroatoms. The molecule has 0 N–H and O–H groups in total. The highest BCUT2D eigenvalue weighted by atomic mass is 16.5. The number of amides is 1. The molecule has 1 amide bonds. The molecule has 3 rings (SSSR count). The number of morpholine rings is 1. The maximum Gasteiger partial charge on any atom is 0.325 e. The zero-order chi connectivity index (χ0) is 17.1. The molecule has 0 unspecified atom stereocenters. The summed E-state index contributed by atoms with van der Waals surface area (Å²) in [6, 6.07) is 7.17. The van der Waals surface area contributed by atoms with Crippen LogP contribution in [0.5, 0.6) is 0 Å². The molecule has 1 aromatic heterocycles. The summed E-state index contributed by atoms with van der Waals surface area (Å²) in [5.74, 6) is -1.54. The van der Waals surface area contributed by atoms with E-state index in [0.29, 0.717) is 42.8 Å². The zero-order valence-corrected chi connectivity index (χ0v) is 13.4. The predicted octanol–water partition coefficient (Wildman–Crippen LogP) is 0.856. The van der Waals surface area contributed by atoms with Gasteiger partial charge in [-0.1, -0.05) is 18.2 Å². The molecule has 7 nitrogen and oxygen atoms in total. The van der Waals surface area contributed by atoms with Gasteiger partial charge in [0.1, 0.15) is 6.54 Å². The lowest BCUT2D eigenvalue weighted by atomic mass is 10.1. The van der Waals surface area contributed by atoms with Gasteiger partial charge in [-0.3, -0.25) is 14.4 Å². The number of ketones is 1. The van der Waals surface area contributed by atoms with E-state index in [9.17, 15) is 14.4 Å². The molecule has 2 aromatic rings. The van der Waals surface area contributed by atoms with Crippen molar-refractivity contribution in [1.82, 2.24) is 9.47 Å². The number of benzene rings is 1. The number of hydrogen-bond donors (Lipinski definition) is 0. The molecular weight excluding hydrogens is 312 g/mol. The van der Waals surface area contributed by atoms with Gasteiger partial charge in [-0.05, 0) is 6.07 Å². The van der Waals surface area contributed by atoms with E-state index in [0.717, 1.165) is 0 Å². The van der Waals surface area contributed by atoms with E-state index in [2.05, 4.69) is 4.74 Å². The monoisotopic (exact) mass is 330 g/mol. The highest BCUT2D eigenvalue weighted by molar-refractivity contribution is 6.44. The van der Waals surface area contributed by atoms with E-state index < -0.39 is 17.7 Å². The molecule has 24 heavy (non-hydrogen) atoms. The number of methoxy groups -OCH3 is 1.